The van der Waals surface area contributed by atoms with E-state index in [2.05, 4.69) is 15.6 Å². The number of hydrogen-bond acceptors (Lipinski definition) is 7. The third-order valence-corrected chi connectivity index (χ3v) is 6.37. The van der Waals surface area contributed by atoms with Crippen molar-refractivity contribution >= 4 is 39.3 Å². The van der Waals surface area contributed by atoms with Gasteiger partial charge in [0.05, 0.1) is 23.8 Å². The van der Waals surface area contributed by atoms with Crippen molar-refractivity contribution in [2.24, 2.45) is 0 Å². The molecule has 0 fully saturated rings. The molecule has 6 rings (SSSR count). The average Bonchev–Trinajstić information content (AvgIpc) is 3.45. The summed E-state index contributed by atoms with van der Waals surface area (Å²) in [5.74, 6) is 1.39. The number of hydrogen-bond donors (Lipinski definition) is 2. The van der Waals surface area contributed by atoms with Gasteiger partial charge in [0.15, 0.2) is 5.69 Å². The molecule has 200 valence electrons. The van der Waals surface area contributed by atoms with Crippen LogP contribution in [-0.4, -0.2) is 22.1 Å². The van der Waals surface area contributed by atoms with Crippen molar-refractivity contribution in [1.29, 1.82) is 0 Å². The lowest BCUT2D eigenvalue weighted by molar-refractivity contribution is -0.141. The van der Waals surface area contributed by atoms with Gasteiger partial charge in [-0.2, -0.15) is 18.2 Å². The summed E-state index contributed by atoms with van der Waals surface area (Å²) in [7, 11) is 1.63. The molecule has 0 aliphatic carbocycles. The van der Waals surface area contributed by atoms with Gasteiger partial charge in [0.1, 0.15) is 17.8 Å². The summed E-state index contributed by atoms with van der Waals surface area (Å²) in [5, 5.41) is 7.99. The standard InChI is InChI=1S/C30H22F3N5O2/c1-39-26-9-5-3-7-19(26)16-34-28-22(25-12-10-18-6-2-4-8-23(18)36-25)15-20-14-21(11-13-24(20)37-28)35-29-38-27(17-40-29)30(31,32)33/h2-15,17H,16H2,1H3,(H,34,37)(H,35,38). The number of ether oxygens (including phenoxy) is 1. The Balaban J connectivity index is 1.40. The molecule has 40 heavy (non-hydrogen) atoms. The Morgan fingerprint density at radius 2 is 1.62 bits per heavy atom. The number of benzene rings is 3. The van der Waals surface area contributed by atoms with E-state index in [9.17, 15) is 13.2 Å². The van der Waals surface area contributed by atoms with Gasteiger partial charge in [-0.05, 0) is 42.5 Å². The van der Waals surface area contributed by atoms with Crippen molar-refractivity contribution in [3.05, 3.63) is 102 Å². The second-order valence-electron chi connectivity index (χ2n) is 9.01. The van der Waals surface area contributed by atoms with Crippen LogP contribution in [0.15, 0.2) is 95.6 Å². The van der Waals surface area contributed by atoms with E-state index in [0.717, 1.165) is 38.9 Å². The number of oxazole rings is 1. The number of pyridine rings is 2. The number of halogens is 3. The van der Waals surface area contributed by atoms with Crippen LogP contribution in [0.5, 0.6) is 5.75 Å². The van der Waals surface area contributed by atoms with E-state index in [0.29, 0.717) is 29.8 Å². The van der Waals surface area contributed by atoms with Gasteiger partial charge < -0.3 is 19.8 Å². The van der Waals surface area contributed by atoms with Crippen LogP contribution in [-0.2, 0) is 12.7 Å². The van der Waals surface area contributed by atoms with E-state index in [4.69, 9.17) is 19.1 Å². The highest BCUT2D eigenvalue weighted by molar-refractivity contribution is 5.92. The summed E-state index contributed by atoms with van der Waals surface area (Å²) in [6, 6.07) is 26.5. The largest absolute Gasteiger partial charge is 0.496 e. The zero-order chi connectivity index (χ0) is 27.7. The molecule has 7 nitrogen and oxygen atoms in total. The summed E-state index contributed by atoms with van der Waals surface area (Å²) >= 11 is 0. The monoisotopic (exact) mass is 541 g/mol. The highest BCUT2D eigenvalue weighted by atomic mass is 19.4. The molecule has 2 N–H and O–H groups in total. The van der Waals surface area contributed by atoms with Crippen molar-refractivity contribution in [2.75, 3.05) is 17.7 Å². The van der Waals surface area contributed by atoms with E-state index in [1.54, 1.807) is 25.3 Å². The molecule has 3 aromatic carbocycles. The number of para-hydroxylation sites is 2. The molecule has 0 atom stereocenters. The summed E-state index contributed by atoms with van der Waals surface area (Å²) in [5.41, 5.74) is 3.37. The van der Waals surface area contributed by atoms with Gasteiger partial charge in [0.2, 0.25) is 0 Å². The molecule has 0 spiro atoms. The maximum absolute atomic E-state index is 12.9. The van der Waals surface area contributed by atoms with Crippen LogP contribution < -0.4 is 15.4 Å². The van der Waals surface area contributed by atoms with Crippen molar-refractivity contribution in [1.82, 2.24) is 15.0 Å². The van der Waals surface area contributed by atoms with Crippen LogP contribution >= 0.6 is 0 Å². The fraction of sp³-hybridized carbons (Fsp3) is 0.100. The number of nitrogens with zero attached hydrogens (tertiary/aromatic N) is 3. The van der Waals surface area contributed by atoms with Gasteiger partial charge in [-0.25, -0.2) is 9.97 Å². The van der Waals surface area contributed by atoms with Crippen LogP contribution in [0.2, 0.25) is 0 Å². The Morgan fingerprint density at radius 3 is 2.45 bits per heavy atom. The van der Waals surface area contributed by atoms with E-state index in [1.807, 2.05) is 66.7 Å². The minimum absolute atomic E-state index is 0.258. The van der Waals surface area contributed by atoms with Gasteiger partial charge in [0, 0.05) is 34.1 Å². The second-order valence-corrected chi connectivity index (χ2v) is 9.01. The van der Waals surface area contributed by atoms with Gasteiger partial charge >= 0.3 is 6.18 Å². The predicted molar refractivity (Wildman–Crippen MR) is 148 cm³/mol. The van der Waals surface area contributed by atoms with Crippen LogP contribution in [0.1, 0.15) is 11.3 Å². The maximum Gasteiger partial charge on any atom is 0.436 e. The van der Waals surface area contributed by atoms with Gasteiger partial charge in [0.25, 0.3) is 6.01 Å². The summed E-state index contributed by atoms with van der Waals surface area (Å²) in [4.78, 5) is 13.2. The molecule has 3 heterocycles. The Hall–Kier alpha value is -5.12. The minimum atomic E-state index is -4.59. The topological polar surface area (TPSA) is 85.1 Å². The molecule has 0 bridgehead atoms. The van der Waals surface area contributed by atoms with Crippen molar-refractivity contribution < 1.29 is 22.3 Å². The molecule has 3 aromatic heterocycles. The van der Waals surface area contributed by atoms with Gasteiger partial charge in [-0.15, -0.1) is 0 Å². The van der Waals surface area contributed by atoms with E-state index < -0.39 is 11.9 Å². The number of alkyl halides is 3. The minimum Gasteiger partial charge on any atom is -0.496 e. The smallest absolute Gasteiger partial charge is 0.436 e. The van der Waals surface area contributed by atoms with Gasteiger partial charge in [-0.3, -0.25) is 0 Å². The lowest BCUT2D eigenvalue weighted by Crippen LogP contribution is -2.06. The Labute approximate surface area is 226 Å². The van der Waals surface area contributed by atoms with Crippen molar-refractivity contribution in [2.45, 2.75) is 12.7 Å². The van der Waals surface area contributed by atoms with Gasteiger partial charge in [-0.1, -0.05) is 42.5 Å². The first-order valence-electron chi connectivity index (χ1n) is 12.3. The van der Waals surface area contributed by atoms with Crippen molar-refractivity contribution in [3.63, 3.8) is 0 Å². The third-order valence-electron chi connectivity index (χ3n) is 6.37. The highest BCUT2D eigenvalue weighted by Gasteiger charge is 2.34. The predicted octanol–water partition coefficient (Wildman–Crippen LogP) is 7.82. The molecule has 0 aliphatic heterocycles. The SMILES string of the molecule is COc1ccccc1CNc1nc2ccc(Nc3nc(C(F)(F)F)co3)cc2cc1-c1ccc2ccccc2n1. The van der Waals surface area contributed by atoms with E-state index in [1.165, 1.54) is 0 Å². The molecule has 10 heteroatoms. The first kappa shape index (κ1) is 25.2. The van der Waals surface area contributed by atoms with Crippen LogP contribution in [0.25, 0.3) is 33.1 Å². The first-order valence-corrected chi connectivity index (χ1v) is 12.3. The number of aromatic nitrogens is 3. The lowest BCUT2D eigenvalue weighted by Gasteiger charge is -2.15. The third kappa shape index (κ3) is 5.11. The summed E-state index contributed by atoms with van der Waals surface area (Å²) in [6.45, 7) is 0.467. The van der Waals surface area contributed by atoms with E-state index in [-0.39, 0.29) is 6.01 Å². The number of rotatable bonds is 7. The molecule has 6 aromatic rings. The number of nitrogens with one attached hydrogen (secondary N) is 2. The molecule has 0 saturated heterocycles. The summed E-state index contributed by atoms with van der Waals surface area (Å²) in [6.07, 6.45) is -4.01. The van der Waals surface area contributed by atoms with Crippen LogP contribution in [0.3, 0.4) is 0 Å². The molecular formula is C30H22F3N5O2. The highest BCUT2D eigenvalue weighted by Crippen LogP contribution is 2.34. The fourth-order valence-corrected chi connectivity index (χ4v) is 4.41. The average molecular weight is 542 g/mol. The number of fused-ring (bicyclic) bond motifs is 2. The Bertz CT molecular complexity index is 1830. The number of methoxy groups -OCH3 is 1. The summed E-state index contributed by atoms with van der Waals surface area (Å²) < 4.78 is 49.2. The number of anilines is 3. The van der Waals surface area contributed by atoms with Crippen molar-refractivity contribution in [3.8, 4) is 17.0 Å². The fourth-order valence-electron chi connectivity index (χ4n) is 4.41. The van der Waals surface area contributed by atoms with E-state index >= 15 is 0 Å². The van der Waals surface area contributed by atoms with Crippen LogP contribution in [0.4, 0.5) is 30.7 Å². The molecule has 0 amide bonds. The normalized spacial score (nSPS) is 11.6. The Kier molecular flexibility index (Phi) is 6.43. The maximum atomic E-state index is 12.9. The first-order chi connectivity index (χ1) is 19.4. The molecule has 0 saturated carbocycles. The molecular weight excluding hydrogens is 519 g/mol. The molecule has 0 aliphatic rings. The van der Waals surface area contributed by atoms with Crippen LogP contribution in [0, 0.1) is 0 Å². The second kappa shape index (κ2) is 10.2. The molecule has 0 unspecified atom stereocenters. The molecule has 0 radical (unpaired) electrons. The zero-order valence-electron chi connectivity index (χ0n) is 21.2. The quantitative estimate of drug-likeness (QED) is 0.213. The zero-order valence-corrected chi connectivity index (χ0v) is 21.2. The Morgan fingerprint density at radius 1 is 0.825 bits per heavy atom. The lowest BCUT2D eigenvalue weighted by atomic mass is 10.1.